The van der Waals surface area contributed by atoms with E-state index in [-0.39, 0.29) is 58.1 Å². The van der Waals surface area contributed by atoms with Crippen molar-refractivity contribution in [2.75, 3.05) is 38.0 Å². The molecule has 270 valence electrons. The van der Waals surface area contributed by atoms with E-state index < -0.39 is 23.6 Å². The van der Waals surface area contributed by atoms with Gasteiger partial charge >= 0.3 is 0 Å². The molecule has 0 unspecified atom stereocenters. The number of hydrogen-bond donors (Lipinski definition) is 2. The fourth-order valence-electron chi connectivity index (χ4n) is 7.15. The van der Waals surface area contributed by atoms with Gasteiger partial charge in [-0.25, -0.2) is 4.39 Å². The summed E-state index contributed by atoms with van der Waals surface area (Å²) < 4.78 is 49.6. The molecule has 52 heavy (non-hydrogen) atoms. The van der Waals surface area contributed by atoms with E-state index in [0.29, 0.717) is 23.4 Å². The van der Waals surface area contributed by atoms with Gasteiger partial charge in [-0.1, -0.05) is 12.1 Å². The van der Waals surface area contributed by atoms with Crippen molar-refractivity contribution in [2.24, 2.45) is 11.3 Å². The van der Waals surface area contributed by atoms with Gasteiger partial charge < -0.3 is 25.0 Å². The lowest BCUT2D eigenvalue weighted by Gasteiger charge is -2.56. The number of fused-ring (bicyclic) bond motifs is 1. The normalized spacial score (nSPS) is 20.3. The summed E-state index contributed by atoms with van der Waals surface area (Å²) >= 11 is 0. The van der Waals surface area contributed by atoms with Crippen LogP contribution in [-0.2, 0) is 17.3 Å². The summed E-state index contributed by atoms with van der Waals surface area (Å²) in [6, 6.07) is 15.6. The lowest BCUT2D eigenvalue weighted by molar-refractivity contribution is -0.155. The van der Waals surface area contributed by atoms with Gasteiger partial charge in [0.05, 0.1) is 37.2 Å². The van der Waals surface area contributed by atoms with E-state index >= 15 is 0 Å². The number of rotatable bonds is 7. The Labute approximate surface area is 298 Å². The summed E-state index contributed by atoms with van der Waals surface area (Å²) in [5.74, 6) is -4.18. The average Bonchev–Trinajstić information content (AvgIpc) is 3.52. The molecule has 3 amide bonds. The molecular weight excluding hydrogens is 677 g/mol. The van der Waals surface area contributed by atoms with Crippen LogP contribution in [0.4, 0.5) is 24.5 Å². The van der Waals surface area contributed by atoms with Crippen molar-refractivity contribution >= 4 is 29.1 Å². The number of carbonyl (C=O) groups excluding carboxylic acids is 3. The molecule has 0 bridgehead atoms. The van der Waals surface area contributed by atoms with Crippen molar-refractivity contribution in [3.05, 3.63) is 107 Å². The molecule has 0 saturated heterocycles. The fourth-order valence-corrected chi connectivity index (χ4v) is 7.15. The molecule has 1 aromatic heterocycles. The first-order chi connectivity index (χ1) is 24.7. The summed E-state index contributed by atoms with van der Waals surface area (Å²) in [7, 11) is 5.03. The first kappa shape index (κ1) is 36.1. The number of hydrogen-bond acceptors (Lipinski definition) is 7. The number of aliphatic hydroxyl groups is 1. The van der Waals surface area contributed by atoms with Crippen LogP contribution in [0.1, 0.15) is 63.2 Å². The first-order valence-corrected chi connectivity index (χ1v) is 16.7. The van der Waals surface area contributed by atoms with Crippen LogP contribution in [0.2, 0.25) is 0 Å². The van der Waals surface area contributed by atoms with Crippen LogP contribution in [-0.4, -0.2) is 71.4 Å². The molecule has 11 nitrogen and oxygen atoms in total. The predicted octanol–water partition coefficient (Wildman–Crippen LogP) is 5.58. The Bertz CT molecular complexity index is 2030. The number of alkyl halides is 2. The molecule has 1 spiro atoms. The van der Waals surface area contributed by atoms with Gasteiger partial charge in [-0.05, 0) is 85.7 Å². The Morgan fingerprint density at radius 2 is 1.65 bits per heavy atom. The molecule has 2 heterocycles. The number of nitrogens with zero attached hydrogens (tertiary/aromatic N) is 5. The van der Waals surface area contributed by atoms with Crippen LogP contribution in [0.25, 0.3) is 0 Å². The Kier molecular flexibility index (Phi) is 9.83. The highest BCUT2D eigenvalue weighted by atomic mass is 19.3. The number of anilines is 2. The monoisotopic (exact) mass is 714 g/mol. The summed E-state index contributed by atoms with van der Waals surface area (Å²) in [5.41, 5.74) is 0.744. The second-order valence-corrected chi connectivity index (χ2v) is 13.6. The smallest absolute Gasteiger partial charge is 0.298 e. The summed E-state index contributed by atoms with van der Waals surface area (Å²) in [6.45, 7) is 0.546. The van der Waals surface area contributed by atoms with Crippen molar-refractivity contribution in [1.29, 1.82) is 5.26 Å². The van der Waals surface area contributed by atoms with Gasteiger partial charge in [-0.15, -0.1) is 0 Å². The zero-order chi connectivity index (χ0) is 37.4. The van der Waals surface area contributed by atoms with Gasteiger partial charge in [-0.3, -0.25) is 19.1 Å². The molecule has 2 saturated carbocycles. The van der Waals surface area contributed by atoms with Crippen LogP contribution in [0.3, 0.4) is 0 Å². The SMILES string of the molecule is CN(C)C(=O)C1CC2(CC(O)C2)C1.COc1ccc(C(=O)Nc2cnn3c2C(=O)N(c2ccc(C(F)(F)c4ccc(F)cc4)cc2)CC3)cc1C#N. The lowest BCUT2D eigenvalue weighted by Crippen LogP contribution is -2.53. The number of halogens is 3. The minimum Gasteiger partial charge on any atom is -0.495 e. The predicted molar refractivity (Wildman–Crippen MR) is 184 cm³/mol. The van der Waals surface area contributed by atoms with E-state index in [1.165, 1.54) is 65.4 Å². The zero-order valence-corrected chi connectivity index (χ0v) is 28.8. The van der Waals surface area contributed by atoms with E-state index in [1.807, 2.05) is 20.2 Å². The highest BCUT2D eigenvalue weighted by Crippen LogP contribution is 2.58. The number of nitriles is 1. The maximum atomic E-state index is 15.0. The van der Waals surface area contributed by atoms with E-state index in [0.717, 1.165) is 49.9 Å². The third-order valence-corrected chi connectivity index (χ3v) is 9.89. The zero-order valence-electron chi connectivity index (χ0n) is 28.8. The van der Waals surface area contributed by atoms with Crippen molar-refractivity contribution in [3.8, 4) is 11.8 Å². The van der Waals surface area contributed by atoms with Crippen molar-refractivity contribution in [2.45, 2.75) is 44.3 Å². The number of aromatic nitrogens is 2. The van der Waals surface area contributed by atoms with Gasteiger partial charge in [0, 0.05) is 48.9 Å². The number of methoxy groups -OCH3 is 1. The van der Waals surface area contributed by atoms with E-state index in [2.05, 4.69) is 10.4 Å². The molecule has 0 atom stereocenters. The molecule has 0 radical (unpaired) electrons. The van der Waals surface area contributed by atoms with E-state index in [9.17, 15) is 37.9 Å². The highest BCUT2D eigenvalue weighted by molar-refractivity contribution is 6.13. The molecule has 2 aliphatic carbocycles. The topological polar surface area (TPSA) is 141 Å². The van der Waals surface area contributed by atoms with E-state index in [1.54, 1.807) is 4.90 Å². The fraction of sp³-hybridized carbons (Fsp3) is 0.342. The quantitative estimate of drug-likeness (QED) is 0.255. The third-order valence-electron chi connectivity index (χ3n) is 9.89. The van der Waals surface area contributed by atoms with Crippen molar-refractivity contribution < 1.29 is 37.4 Å². The van der Waals surface area contributed by atoms with Crippen molar-refractivity contribution in [3.63, 3.8) is 0 Å². The summed E-state index contributed by atoms with van der Waals surface area (Å²) in [4.78, 5) is 40.9. The molecule has 2 N–H and O–H groups in total. The van der Waals surface area contributed by atoms with Gasteiger partial charge in [0.1, 0.15) is 23.3 Å². The second kappa shape index (κ2) is 14.1. The molecular formula is C38H37F3N6O5. The summed E-state index contributed by atoms with van der Waals surface area (Å²) in [5, 5.41) is 25.3. The number of nitrogens with one attached hydrogen (secondary N) is 1. The van der Waals surface area contributed by atoms with Crippen molar-refractivity contribution in [1.82, 2.24) is 14.7 Å². The Morgan fingerprint density at radius 1 is 1.02 bits per heavy atom. The number of amides is 3. The van der Waals surface area contributed by atoms with Gasteiger partial charge in [0.25, 0.3) is 17.7 Å². The third kappa shape index (κ3) is 6.96. The van der Waals surface area contributed by atoms with Gasteiger partial charge in [0.15, 0.2) is 0 Å². The average molecular weight is 715 g/mol. The number of carbonyl (C=O) groups is 3. The second-order valence-electron chi connectivity index (χ2n) is 13.6. The molecule has 7 rings (SSSR count). The number of benzene rings is 3. The highest BCUT2D eigenvalue weighted by Gasteiger charge is 2.54. The molecule has 3 aliphatic rings. The molecule has 1 aliphatic heterocycles. The number of ether oxygens (including phenoxy) is 1. The Morgan fingerprint density at radius 3 is 2.23 bits per heavy atom. The Balaban J connectivity index is 0.000000299. The molecule has 14 heteroatoms. The van der Waals surface area contributed by atoms with Gasteiger partial charge in [-0.2, -0.15) is 19.1 Å². The molecule has 4 aromatic rings. The summed E-state index contributed by atoms with van der Waals surface area (Å²) in [6.07, 6.45) is 5.11. The lowest BCUT2D eigenvalue weighted by atomic mass is 9.50. The van der Waals surface area contributed by atoms with E-state index in [4.69, 9.17) is 4.74 Å². The maximum Gasteiger partial charge on any atom is 0.298 e. The molecule has 2 fully saturated rings. The van der Waals surface area contributed by atoms with Crippen LogP contribution in [0, 0.1) is 28.5 Å². The first-order valence-electron chi connectivity index (χ1n) is 16.7. The molecule has 3 aromatic carbocycles. The minimum atomic E-state index is -3.36. The standard InChI is InChI=1S/C28H20F3N5O3.C10H17NO2/c1-39-24-11-2-17(14-18(24)15-32)26(37)34-23-16-33-36-13-12-35(27(38)25(23)36)22-9-5-20(6-10-22)28(30,31)19-3-7-21(29)8-4-19;1-11(2)9(13)7-3-10(4-7)5-8(12)6-10/h2-11,14,16H,12-13H2,1H3,(H,34,37);7-8,12H,3-6H2,1-2H3. The maximum absolute atomic E-state index is 15.0. The van der Waals surface area contributed by atoms with Crippen LogP contribution >= 0.6 is 0 Å². The Hall–Kier alpha value is -5.68. The van der Waals surface area contributed by atoms with Crippen LogP contribution < -0.4 is 15.0 Å². The number of aliphatic hydroxyl groups excluding tert-OH is 1. The minimum absolute atomic E-state index is 0.0876. The largest absolute Gasteiger partial charge is 0.495 e. The van der Waals surface area contributed by atoms with Gasteiger partial charge in [0.2, 0.25) is 5.91 Å². The van der Waals surface area contributed by atoms with Crippen LogP contribution in [0.5, 0.6) is 5.75 Å². The van der Waals surface area contributed by atoms with Crippen LogP contribution in [0.15, 0.2) is 72.9 Å².